The molecular weight excluding hydrogens is 264 g/mol. The zero-order valence-electron chi connectivity index (χ0n) is 11.8. The molecule has 0 spiro atoms. The molecule has 0 bridgehead atoms. The molecule has 3 nitrogen and oxygen atoms in total. The first-order chi connectivity index (χ1) is 9.28. The number of nitrogens with one attached hydrogen (secondary N) is 1. The summed E-state index contributed by atoms with van der Waals surface area (Å²) in [6.07, 6.45) is 0.519. The summed E-state index contributed by atoms with van der Waals surface area (Å²) in [6.45, 7) is 5.67. The molecule has 1 rings (SSSR count). The van der Waals surface area contributed by atoms with Crippen molar-refractivity contribution in [2.45, 2.75) is 32.8 Å². The van der Waals surface area contributed by atoms with Crippen LogP contribution in [-0.2, 0) is 4.74 Å². The SMILES string of the molecule is CC(C)(C)OC(=O)NCC=Cc1ccc(C(F)F)cc1. The Morgan fingerprint density at radius 1 is 1.30 bits per heavy atom. The Labute approximate surface area is 117 Å². The molecule has 5 heteroatoms. The molecule has 0 fully saturated rings. The van der Waals surface area contributed by atoms with E-state index in [1.807, 2.05) is 0 Å². The number of ether oxygens (including phenoxy) is 1. The highest BCUT2D eigenvalue weighted by Crippen LogP contribution is 2.18. The third-order valence-corrected chi connectivity index (χ3v) is 2.26. The summed E-state index contributed by atoms with van der Waals surface area (Å²) in [5.74, 6) is 0. The van der Waals surface area contributed by atoms with Gasteiger partial charge in [-0.3, -0.25) is 0 Å². The molecule has 0 aromatic heterocycles. The number of amides is 1. The van der Waals surface area contributed by atoms with Crippen LogP contribution in [0.2, 0.25) is 0 Å². The van der Waals surface area contributed by atoms with Gasteiger partial charge in [0.25, 0.3) is 6.43 Å². The smallest absolute Gasteiger partial charge is 0.407 e. The number of rotatable bonds is 4. The molecule has 1 aromatic rings. The highest BCUT2D eigenvalue weighted by Gasteiger charge is 2.14. The van der Waals surface area contributed by atoms with Gasteiger partial charge < -0.3 is 10.1 Å². The lowest BCUT2D eigenvalue weighted by molar-refractivity contribution is 0.0534. The van der Waals surface area contributed by atoms with Gasteiger partial charge in [-0.15, -0.1) is 0 Å². The first kappa shape index (κ1) is 16.1. The molecule has 20 heavy (non-hydrogen) atoms. The predicted molar refractivity (Wildman–Crippen MR) is 74.7 cm³/mol. The van der Waals surface area contributed by atoms with E-state index in [0.717, 1.165) is 5.56 Å². The van der Waals surface area contributed by atoms with Crippen molar-refractivity contribution in [2.24, 2.45) is 0 Å². The predicted octanol–water partition coefficient (Wildman–Crippen LogP) is 4.16. The Morgan fingerprint density at radius 2 is 1.90 bits per heavy atom. The normalized spacial score (nSPS) is 11.9. The largest absolute Gasteiger partial charge is 0.444 e. The van der Waals surface area contributed by atoms with Gasteiger partial charge in [0.05, 0.1) is 0 Å². The van der Waals surface area contributed by atoms with Crippen molar-refractivity contribution >= 4 is 12.2 Å². The van der Waals surface area contributed by atoms with Crippen LogP contribution in [0.25, 0.3) is 6.08 Å². The van der Waals surface area contributed by atoms with E-state index in [2.05, 4.69) is 5.32 Å². The summed E-state index contributed by atoms with van der Waals surface area (Å²) in [5.41, 5.74) is 0.258. The van der Waals surface area contributed by atoms with Gasteiger partial charge in [-0.1, -0.05) is 36.4 Å². The van der Waals surface area contributed by atoms with E-state index >= 15 is 0 Å². The summed E-state index contributed by atoms with van der Waals surface area (Å²) in [5, 5.41) is 2.57. The van der Waals surface area contributed by atoms with Crippen molar-refractivity contribution in [1.82, 2.24) is 5.32 Å². The molecule has 0 heterocycles. The maximum Gasteiger partial charge on any atom is 0.407 e. The second kappa shape index (κ2) is 7.03. The summed E-state index contributed by atoms with van der Waals surface area (Å²) < 4.78 is 29.8. The van der Waals surface area contributed by atoms with Crippen LogP contribution >= 0.6 is 0 Å². The van der Waals surface area contributed by atoms with Gasteiger partial charge in [-0.25, -0.2) is 13.6 Å². The number of alkyl halides is 2. The summed E-state index contributed by atoms with van der Waals surface area (Å²) in [4.78, 5) is 11.3. The molecule has 0 aliphatic rings. The number of hydrogen-bond acceptors (Lipinski definition) is 2. The van der Waals surface area contributed by atoms with E-state index in [4.69, 9.17) is 4.74 Å². The van der Waals surface area contributed by atoms with Gasteiger partial charge in [0.15, 0.2) is 0 Å². The van der Waals surface area contributed by atoms with Crippen LogP contribution in [0.4, 0.5) is 13.6 Å². The van der Waals surface area contributed by atoms with Crippen LogP contribution in [0.5, 0.6) is 0 Å². The third kappa shape index (κ3) is 6.31. The maximum atomic E-state index is 12.4. The van der Waals surface area contributed by atoms with E-state index in [1.54, 1.807) is 45.1 Å². The van der Waals surface area contributed by atoms with E-state index in [-0.39, 0.29) is 5.56 Å². The zero-order valence-corrected chi connectivity index (χ0v) is 11.8. The number of benzene rings is 1. The van der Waals surface area contributed by atoms with Gasteiger partial charge >= 0.3 is 6.09 Å². The van der Waals surface area contributed by atoms with Crippen LogP contribution in [-0.4, -0.2) is 18.2 Å². The Kier molecular flexibility index (Phi) is 5.67. The minimum atomic E-state index is -2.46. The van der Waals surface area contributed by atoms with Gasteiger partial charge in [0.1, 0.15) is 5.60 Å². The van der Waals surface area contributed by atoms with Gasteiger partial charge in [-0.2, -0.15) is 0 Å². The molecule has 0 aliphatic heterocycles. The van der Waals surface area contributed by atoms with Crippen molar-refractivity contribution in [3.63, 3.8) is 0 Å². The highest BCUT2D eigenvalue weighted by atomic mass is 19.3. The van der Waals surface area contributed by atoms with Gasteiger partial charge in [0.2, 0.25) is 0 Å². The summed E-state index contributed by atoms with van der Waals surface area (Å²) in [7, 11) is 0. The molecule has 0 radical (unpaired) electrons. The van der Waals surface area contributed by atoms with E-state index < -0.39 is 18.1 Å². The number of carbonyl (C=O) groups excluding carboxylic acids is 1. The third-order valence-electron chi connectivity index (χ3n) is 2.26. The lowest BCUT2D eigenvalue weighted by atomic mass is 10.1. The van der Waals surface area contributed by atoms with Crippen LogP contribution in [0, 0.1) is 0 Å². The highest BCUT2D eigenvalue weighted by molar-refractivity contribution is 5.68. The number of alkyl carbamates (subject to hydrolysis) is 1. The summed E-state index contributed by atoms with van der Waals surface area (Å²) in [6, 6.07) is 5.97. The Balaban J connectivity index is 2.40. The minimum Gasteiger partial charge on any atom is -0.444 e. The number of hydrogen-bond donors (Lipinski definition) is 1. The van der Waals surface area contributed by atoms with Crippen molar-refractivity contribution in [1.29, 1.82) is 0 Å². The summed E-state index contributed by atoms with van der Waals surface area (Å²) >= 11 is 0. The minimum absolute atomic E-state index is 0.00553. The van der Waals surface area contributed by atoms with Crippen LogP contribution in [0.1, 0.15) is 38.3 Å². The molecule has 0 unspecified atom stereocenters. The molecule has 110 valence electrons. The molecule has 0 saturated carbocycles. The Hall–Kier alpha value is -1.91. The number of halogens is 2. The van der Waals surface area contributed by atoms with Crippen molar-refractivity contribution in [3.05, 3.63) is 41.5 Å². The quantitative estimate of drug-likeness (QED) is 0.901. The molecular formula is C15H19F2NO2. The molecule has 1 aromatic carbocycles. The second-order valence-corrected chi connectivity index (χ2v) is 5.25. The fourth-order valence-electron chi connectivity index (χ4n) is 1.40. The number of carbonyl (C=O) groups is 1. The van der Waals surface area contributed by atoms with Crippen molar-refractivity contribution < 1.29 is 18.3 Å². The fraction of sp³-hybridized carbons (Fsp3) is 0.400. The molecule has 0 atom stereocenters. The molecule has 1 N–H and O–H groups in total. The zero-order chi connectivity index (χ0) is 15.2. The van der Waals surface area contributed by atoms with Crippen LogP contribution in [0.3, 0.4) is 0 Å². The lowest BCUT2D eigenvalue weighted by Gasteiger charge is -2.19. The monoisotopic (exact) mass is 283 g/mol. The fourth-order valence-corrected chi connectivity index (χ4v) is 1.40. The first-order valence-corrected chi connectivity index (χ1v) is 6.29. The van der Waals surface area contributed by atoms with E-state index in [0.29, 0.717) is 6.54 Å². The Bertz CT molecular complexity index is 462. The second-order valence-electron chi connectivity index (χ2n) is 5.25. The van der Waals surface area contributed by atoms with Crippen molar-refractivity contribution in [3.8, 4) is 0 Å². The molecule has 0 aliphatic carbocycles. The topological polar surface area (TPSA) is 38.3 Å². The van der Waals surface area contributed by atoms with Crippen LogP contribution in [0.15, 0.2) is 30.3 Å². The van der Waals surface area contributed by atoms with Gasteiger partial charge in [0, 0.05) is 12.1 Å². The molecule has 1 amide bonds. The standard InChI is InChI=1S/C15H19F2NO2/c1-15(2,3)20-14(19)18-10-4-5-11-6-8-12(9-7-11)13(16)17/h4-9,13H,10H2,1-3H3,(H,18,19). The maximum absolute atomic E-state index is 12.4. The first-order valence-electron chi connectivity index (χ1n) is 6.29. The van der Waals surface area contributed by atoms with E-state index in [1.165, 1.54) is 12.1 Å². The average Bonchev–Trinajstić information content (AvgIpc) is 2.33. The lowest BCUT2D eigenvalue weighted by Crippen LogP contribution is -2.32. The van der Waals surface area contributed by atoms with E-state index in [9.17, 15) is 13.6 Å². The molecule has 0 saturated heterocycles. The Morgan fingerprint density at radius 3 is 2.40 bits per heavy atom. The van der Waals surface area contributed by atoms with Gasteiger partial charge in [-0.05, 0) is 26.3 Å². The average molecular weight is 283 g/mol. The van der Waals surface area contributed by atoms with Crippen LogP contribution < -0.4 is 5.32 Å². The van der Waals surface area contributed by atoms with Crippen molar-refractivity contribution in [2.75, 3.05) is 6.54 Å².